The molecular weight excluding hydrogens is 400 g/mol. The van der Waals surface area contributed by atoms with Gasteiger partial charge < -0.3 is 10.1 Å². The van der Waals surface area contributed by atoms with Crippen molar-refractivity contribution in [1.82, 2.24) is 4.57 Å². The average Bonchev–Trinajstić information content (AvgIpc) is 3.09. The van der Waals surface area contributed by atoms with Crippen LogP contribution in [-0.2, 0) is 28.9 Å². The van der Waals surface area contributed by atoms with Crippen molar-refractivity contribution in [3.05, 3.63) is 62.3 Å². The molecule has 1 N–H and O–H groups in total. The Balaban J connectivity index is 1.66. The molecule has 2 heterocycles. The zero-order chi connectivity index (χ0) is 21.3. The minimum absolute atomic E-state index is 0.121. The maximum Gasteiger partial charge on any atom is 0.341 e. The van der Waals surface area contributed by atoms with Crippen molar-refractivity contribution in [2.75, 3.05) is 11.9 Å². The van der Waals surface area contributed by atoms with Crippen molar-refractivity contribution in [2.45, 2.75) is 46.1 Å². The van der Waals surface area contributed by atoms with Crippen molar-refractivity contribution in [1.29, 1.82) is 0 Å². The van der Waals surface area contributed by atoms with E-state index in [4.69, 9.17) is 4.74 Å². The summed E-state index contributed by atoms with van der Waals surface area (Å²) in [6, 6.07) is 9.08. The molecule has 0 saturated carbocycles. The maximum absolute atomic E-state index is 12.9. The molecule has 0 spiro atoms. The van der Waals surface area contributed by atoms with E-state index in [2.05, 4.69) is 5.32 Å². The van der Waals surface area contributed by atoms with Crippen LogP contribution in [0.1, 0.15) is 46.1 Å². The standard InChI is InChI=1S/C23H24N2O4S/c1-3-29-23(28)21-16-9-5-7-11-18(16)30-22(21)24-19(26)13-25-17-10-6-4-8-15(17)14(2)12-20(25)27/h4,6,8,10,12H,3,5,7,9,11,13H2,1-2H3,(H,24,26). The first-order valence-corrected chi connectivity index (χ1v) is 11.0. The van der Waals surface area contributed by atoms with Gasteiger partial charge in [-0.3, -0.25) is 14.2 Å². The molecule has 7 heteroatoms. The highest BCUT2D eigenvalue weighted by Crippen LogP contribution is 2.38. The van der Waals surface area contributed by atoms with Crippen molar-refractivity contribution in [3.8, 4) is 0 Å². The van der Waals surface area contributed by atoms with Crippen molar-refractivity contribution in [3.63, 3.8) is 0 Å². The summed E-state index contributed by atoms with van der Waals surface area (Å²) in [4.78, 5) is 39.2. The molecular formula is C23H24N2O4S. The number of aromatic nitrogens is 1. The van der Waals surface area contributed by atoms with E-state index in [-0.39, 0.29) is 24.6 Å². The highest BCUT2D eigenvalue weighted by Gasteiger charge is 2.27. The molecule has 6 nitrogen and oxygen atoms in total. The molecule has 1 aliphatic rings. The van der Waals surface area contributed by atoms with Gasteiger partial charge in [-0.2, -0.15) is 0 Å². The number of thiophene rings is 1. The van der Waals surface area contributed by atoms with Crippen LogP contribution in [0, 0.1) is 6.92 Å². The number of pyridine rings is 1. The fourth-order valence-electron chi connectivity index (χ4n) is 4.05. The number of ether oxygens (including phenoxy) is 1. The molecule has 0 bridgehead atoms. The van der Waals surface area contributed by atoms with Crippen LogP contribution in [0.5, 0.6) is 0 Å². The predicted octanol–water partition coefficient (Wildman–Crippen LogP) is 4.07. The number of para-hydroxylation sites is 1. The number of carbonyl (C=O) groups is 2. The fraction of sp³-hybridized carbons (Fsp3) is 0.348. The van der Waals surface area contributed by atoms with E-state index in [0.29, 0.717) is 16.1 Å². The summed E-state index contributed by atoms with van der Waals surface area (Å²) >= 11 is 1.45. The number of nitrogens with one attached hydrogen (secondary N) is 1. The van der Waals surface area contributed by atoms with Crippen molar-refractivity contribution >= 4 is 39.1 Å². The van der Waals surface area contributed by atoms with Crippen molar-refractivity contribution in [2.24, 2.45) is 0 Å². The maximum atomic E-state index is 12.9. The molecule has 0 saturated heterocycles. The van der Waals surface area contributed by atoms with Gasteiger partial charge in [0.2, 0.25) is 5.91 Å². The van der Waals surface area contributed by atoms with Crippen LogP contribution in [0.3, 0.4) is 0 Å². The molecule has 0 radical (unpaired) electrons. The number of rotatable bonds is 5. The Morgan fingerprint density at radius 2 is 1.97 bits per heavy atom. The number of hydrogen-bond donors (Lipinski definition) is 1. The van der Waals surface area contributed by atoms with Gasteiger partial charge in [0.25, 0.3) is 5.56 Å². The van der Waals surface area contributed by atoms with Gasteiger partial charge in [-0.05, 0) is 56.7 Å². The van der Waals surface area contributed by atoms with Crippen LogP contribution in [0.4, 0.5) is 5.00 Å². The fourth-order valence-corrected chi connectivity index (χ4v) is 5.34. The first-order valence-electron chi connectivity index (χ1n) is 10.2. The van der Waals surface area contributed by atoms with Crippen LogP contribution < -0.4 is 10.9 Å². The van der Waals surface area contributed by atoms with Gasteiger partial charge in [0.1, 0.15) is 11.5 Å². The summed E-state index contributed by atoms with van der Waals surface area (Å²) in [7, 11) is 0. The van der Waals surface area contributed by atoms with Crippen LogP contribution >= 0.6 is 11.3 Å². The molecule has 0 aliphatic heterocycles. The number of anilines is 1. The van der Waals surface area contributed by atoms with Gasteiger partial charge in [0, 0.05) is 16.3 Å². The average molecular weight is 425 g/mol. The molecule has 0 atom stereocenters. The minimum atomic E-state index is -0.398. The predicted molar refractivity (Wildman–Crippen MR) is 118 cm³/mol. The lowest BCUT2D eigenvalue weighted by molar-refractivity contribution is -0.116. The first-order chi connectivity index (χ1) is 14.5. The van der Waals surface area contributed by atoms with Gasteiger partial charge in [-0.1, -0.05) is 18.2 Å². The normalized spacial score (nSPS) is 13.1. The number of amides is 1. The Morgan fingerprint density at radius 1 is 1.20 bits per heavy atom. The third-order valence-corrected chi connectivity index (χ3v) is 6.64. The summed E-state index contributed by atoms with van der Waals surface area (Å²) in [6.07, 6.45) is 3.82. The van der Waals surface area contributed by atoms with E-state index in [9.17, 15) is 14.4 Å². The largest absolute Gasteiger partial charge is 0.462 e. The lowest BCUT2D eigenvalue weighted by Gasteiger charge is -2.13. The Bertz CT molecular complexity index is 1190. The second kappa shape index (κ2) is 8.44. The third-order valence-electron chi connectivity index (χ3n) is 5.43. The van der Waals surface area contributed by atoms with E-state index < -0.39 is 5.97 Å². The number of fused-ring (bicyclic) bond motifs is 2. The van der Waals surface area contributed by atoms with Crippen molar-refractivity contribution < 1.29 is 14.3 Å². The van der Waals surface area contributed by atoms with E-state index in [1.165, 1.54) is 15.9 Å². The zero-order valence-electron chi connectivity index (χ0n) is 17.1. The number of hydrogen-bond acceptors (Lipinski definition) is 5. The molecule has 1 aromatic carbocycles. The monoisotopic (exact) mass is 424 g/mol. The summed E-state index contributed by atoms with van der Waals surface area (Å²) in [6.45, 7) is 3.81. The SMILES string of the molecule is CCOC(=O)c1c(NC(=O)Cn2c(=O)cc(C)c3ccccc32)sc2c1CCCC2. The second-order valence-electron chi connectivity index (χ2n) is 7.45. The number of esters is 1. The van der Waals surface area contributed by atoms with E-state index >= 15 is 0 Å². The molecule has 156 valence electrons. The molecule has 0 unspecified atom stereocenters. The second-order valence-corrected chi connectivity index (χ2v) is 8.56. The molecule has 4 rings (SSSR count). The third kappa shape index (κ3) is 3.77. The minimum Gasteiger partial charge on any atom is -0.462 e. The molecule has 30 heavy (non-hydrogen) atoms. The number of aryl methyl sites for hydroxylation is 2. The van der Waals surface area contributed by atoms with Crippen LogP contribution in [-0.4, -0.2) is 23.1 Å². The summed E-state index contributed by atoms with van der Waals surface area (Å²) in [5.41, 5.74) is 2.85. The van der Waals surface area contributed by atoms with Gasteiger partial charge >= 0.3 is 5.97 Å². The number of benzene rings is 1. The van der Waals surface area contributed by atoms with Gasteiger partial charge in [-0.25, -0.2) is 4.79 Å². The summed E-state index contributed by atoms with van der Waals surface area (Å²) in [5.74, 6) is -0.736. The Hall–Kier alpha value is -2.93. The topological polar surface area (TPSA) is 77.4 Å². The Labute approximate surface area is 178 Å². The Morgan fingerprint density at radius 3 is 2.77 bits per heavy atom. The van der Waals surface area contributed by atoms with Gasteiger partial charge in [0.15, 0.2) is 0 Å². The molecule has 2 aromatic heterocycles. The van der Waals surface area contributed by atoms with E-state index in [1.807, 2.05) is 31.2 Å². The van der Waals surface area contributed by atoms with Crippen LogP contribution in [0.25, 0.3) is 10.9 Å². The smallest absolute Gasteiger partial charge is 0.341 e. The van der Waals surface area contributed by atoms with Gasteiger partial charge in [0.05, 0.1) is 17.7 Å². The molecule has 1 amide bonds. The quantitative estimate of drug-likeness (QED) is 0.627. The first kappa shape index (κ1) is 20.3. The van der Waals surface area contributed by atoms with E-state index in [0.717, 1.165) is 47.1 Å². The Kier molecular flexibility index (Phi) is 5.72. The number of nitrogens with zero attached hydrogens (tertiary/aromatic N) is 1. The summed E-state index contributed by atoms with van der Waals surface area (Å²) in [5, 5.41) is 4.34. The highest BCUT2D eigenvalue weighted by atomic mass is 32.1. The van der Waals surface area contributed by atoms with E-state index in [1.54, 1.807) is 13.0 Å². The molecule has 1 aliphatic carbocycles. The lowest BCUT2D eigenvalue weighted by Crippen LogP contribution is -2.28. The van der Waals surface area contributed by atoms with Crippen LogP contribution in [0.2, 0.25) is 0 Å². The highest BCUT2D eigenvalue weighted by molar-refractivity contribution is 7.17. The summed E-state index contributed by atoms with van der Waals surface area (Å²) < 4.78 is 6.71. The molecule has 0 fully saturated rings. The number of carbonyl (C=O) groups excluding carboxylic acids is 2. The van der Waals surface area contributed by atoms with Crippen LogP contribution in [0.15, 0.2) is 35.1 Å². The van der Waals surface area contributed by atoms with Gasteiger partial charge in [-0.15, -0.1) is 11.3 Å². The lowest BCUT2D eigenvalue weighted by atomic mass is 9.95. The molecule has 3 aromatic rings. The zero-order valence-corrected chi connectivity index (χ0v) is 17.9.